The summed E-state index contributed by atoms with van der Waals surface area (Å²) < 4.78 is 23.9. The molecule has 112 valence electrons. The molecule has 0 aromatic rings. The van der Waals surface area contributed by atoms with Crippen LogP contribution >= 0.6 is 0 Å². The fourth-order valence-electron chi connectivity index (χ4n) is 2.51. The Hall–Kier alpha value is -1.64. The van der Waals surface area contributed by atoms with E-state index < -0.39 is 45.5 Å². The maximum absolute atomic E-state index is 12.3. The standard InChI is InChI=1S/C11H16N2O6S/c14-9-6-13(7(5-12-9)11(16)17)10(15)8-3-1-2-4-20(8,18)19/h7-8H,1-6H2,(H,12,14)(H,16,17). The molecule has 2 aliphatic heterocycles. The normalized spacial score (nSPS) is 29.6. The van der Waals surface area contributed by atoms with Gasteiger partial charge < -0.3 is 15.3 Å². The largest absolute Gasteiger partial charge is 0.480 e. The predicted molar refractivity (Wildman–Crippen MR) is 67.6 cm³/mol. The highest BCUT2D eigenvalue weighted by Gasteiger charge is 2.43. The van der Waals surface area contributed by atoms with Crippen molar-refractivity contribution in [1.82, 2.24) is 10.2 Å². The number of piperazine rings is 1. The molecule has 2 atom stereocenters. The third-order valence-corrected chi connectivity index (χ3v) is 5.77. The molecule has 0 aromatic heterocycles. The summed E-state index contributed by atoms with van der Waals surface area (Å²) in [6.07, 6.45) is 1.30. The molecule has 2 unspecified atom stereocenters. The Balaban J connectivity index is 2.24. The van der Waals surface area contributed by atoms with Gasteiger partial charge in [0.2, 0.25) is 11.8 Å². The molecule has 2 rings (SSSR count). The highest BCUT2D eigenvalue weighted by molar-refractivity contribution is 7.92. The molecule has 2 aliphatic rings. The molecule has 2 N–H and O–H groups in total. The second-order valence-electron chi connectivity index (χ2n) is 4.98. The average Bonchev–Trinajstić information content (AvgIpc) is 2.37. The molecule has 2 heterocycles. The smallest absolute Gasteiger partial charge is 0.328 e. The topological polar surface area (TPSA) is 121 Å². The Labute approximate surface area is 116 Å². The van der Waals surface area contributed by atoms with Gasteiger partial charge in [-0.15, -0.1) is 0 Å². The minimum absolute atomic E-state index is 0.0683. The molecule has 0 spiro atoms. The number of carboxylic acid groups (broad SMARTS) is 1. The van der Waals surface area contributed by atoms with Gasteiger partial charge in [-0.05, 0) is 12.8 Å². The average molecular weight is 304 g/mol. The van der Waals surface area contributed by atoms with Crippen molar-refractivity contribution >= 4 is 27.6 Å². The van der Waals surface area contributed by atoms with Crippen LogP contribution in [0.4, 0.5) is 0 Å². The number of hydrogen-bond donors (Lipinski definition) is 2. The van der Waals surface area contributed by atoms with Crippen molar-refractivity contribution in [3.8, 4) is 0 Å². The summed E-state index contributed by atoms with van der Waals surface area (Å²) in [5.74, 6) is -2.58. The first-order valence-corrected chi connectivity index (χ1v) is 8.06. The van der Waals surface area contributed by atoms with Gasteiger partial charge in [0, 0.05) is 6.54 Å². The van der Waals surface area contributed by atoms with E-state index in [1.807, 2.05) is 0 Å². The summed E-state index contributed by atoms with van der Waals surface area (Å²) in [6, 6.07) is -1.21. The Morgan fingerprint density at radius 2 is 2.00 bits per heavy atom. The third-order valence-electron chi connectivity index (χ3n) is 3.60. The molecular weight excluding hydrogens is 288 g/mol. The van der Waals surface area contributed by atoms with E-state index in [9.17, 15) is 22.8 Å². The van der Waals surface area contributed by atoms with Gasteiger partial charge in [-0.2, -0.15) is 0 Å². The van der Waals surface area contributed by atoms with Crippen LogP contribution in [0.2, 0.25) is 0 Å². The molecule has 0 bridgehead atoms. The van der Waals surface area contributed by atoms with Gasteiger partial charge in [-0.3, -0.25) is 9.59 Å². The molecule has 0 aromatic carbocycles. The van der Waals surface area contributed by atoms with Crippen molar-refractivity contribution < 1.29 is 27.9 Å². The Morgan fingerprint density at radius 1 is 1.30 bits per heavy atom. The lowest BCUT2D eigenvalue weighted by Gasteiger charge is -2.35. The van der Waals surface area contributed by atoms with Crippen LogP contribution in [0.5, 0.6) is 0 Å². The molecular formula is C11H16N2O6S. The molecule has 9 heteroatoms. The molecule has 0 radical (unpaired) electrons. The van der Waals surface area contributed by atoms with Crippen molar-refractivity contribution in [3.63, 3.8) is 0 Å². The van der Waals surface area contributed by atoms with Crippen LogP contribution in [-0.2, 0) is 24.2 Å². The molecule has 2 fully saturated rings. The van der Waals surface area contributed by atoms with E-state index in [2.05, 4.69) is 5.32 Å². The molecule has 20 heavy (non-hydrogen) atoms. The number of aliphatic carboxylic acids is 1. The third kappa shape index (κ3) is 2.77. The summed E-state index contributed by atoms with van der Waals surface area (Å²) in [4.78, 5) is 35.7. The first-order chi connectivity index (χ1) is 9.33. The van der Waals surface area contributed by atoms with Crippen LogP contribution in [0, 0.1) is 0 Å². The van der Waals surface area contributed by atoms with Crippen LogP contribution in [0.1, 0.15) is 19.3 Å². The SMILES string of the molecule is O=C1CN(C(=O)C2CCCCS2(=O)=O)C(C(=O)O)CN1. The summed E-state index contributed by atoms with van der Waals surface area (Å²) in [6.45, 7) is -0.617. The number of nitrogens with one attached hydrogen (secondary N) is 1. The minimum Gasteiger partial charge on any atom is -0.480 e. The van der Waals surface area contributed by atoms with Gasteiger partial charge in [0.05, 0.1) is 5.75 Å². The van der Waals surface area contributed by atoms with E-state index in [1.54, 1.807) is 0 Å². The number of amides is 2. The summed E-state index contributed by atoms with van der Waals surface area (Å²) in [7, 11) is -3.55. The van der Waals surface area contributed by atoms with Crippen LogP contribution in [0.25, 0.3) is 0 Å². The lowest BCUT2D eigenvalue weighted by molar-refractivity contribution is -0.153. The molecule has 2 saturated heterocycles. The number of carboxylic acids is 1. The Morgan fingerprint density at radius 3 is 2.60 bits per heavy atom. The molecule has 8 nitrogen and oxygen atoms in total. The van der Waals surface area contributed by atoms with Crippen molar-refractivity contribution in [2.75, 3.05) is 18.8 Å². The van der Waals surface area contributed by atoms with Crippen molar-refractivity contribution in [2.24, 2.45) is 0 Å². The number of carbonyl (C=O) groups excluding carboxylic acids is 2. The van der Waals surface area contributed by atoms with E-state index in [-0.39, 0.29) is 18.7 Å². The monoisotopic (exact) mass is 304 g/mol. The van der Waals surface area contributed by atoms with E-state index in [0.717, 1.165) is 4.90 Å². The fourth-order valence-corrected chi connectivity index (χ4v) is 4.37. The summed E-state index contributed by atoms with van der Waals surface area (Å²) in [5, 5.41) is 10.2. The van der Waals surface area contributed by atoms with Gasteiger partial charge in [0.15, 0.2) is 9.84 Å². The van der Waals surface area contributed by atoms with Gasteiger partial charge in [0.25, 0.3) is 0 Å². The zero-order valence-electron chi connectivity index (χ0n) is 10.7. The van der Waals surface area contributed by atoms with E-state index in [1.165, 1.54) is 0 Å². The quantitative estimate of drug-likeness (QED) is 0.631. The predicted octanol–water partition coefficient (Wildman–Crippen LogP) is -1.63. The zero-order valence-corrected chi connectivity index (χ0v) is 11.6. The number of sulfone groups is 1. The van der Waals surface area contributed by atoms with E-state index in [4.69, 9.17) is 5.11 Å². The van der Waals surface area contributed by atoms with Gasteiger partial charge >= 0.3 is 5.97 Å². The minimum atomic E-state index is -3.55. The van der Waals surface area contributed by atoms with Crippen molar-refractivity contribution in [1.29, 1.82) is 0 Å². The Kier molecular flexibility index (Phi) is 3.98. The number of rotatable bonds is 2. The van der Waals surface area contributed by atoms with Gasteiger partial charge in [0.1, 0.15) is 17.8 Å². The van der Waals surface area contributed by atoms with Gasteiger partial charge in [-0.1, -0.05) is 6.42 Å². The molecule has 0 saturated carbocycles. The first-order valence-electron chi connectivity index (χ1n) is 6.34. The first kappa shape index (κ1) is 14.8. The van der Waals surface area contributed by atoms with Crippen molar-refractivity contribution in [3.05, 3.63) is 0 Å². The van der Waals surface area contributed by atoms with Gasteiger partial charge in [-0.25, -0.2) is 13.2 Å². The van der Waals surface area contributed by atoms with E-state index in [0.29, 0.717) is 12.8 Å². The summed E-state index contributed by atoms with van der Waals surface area (Å²) >= 11 is 0. The maximum Gasteiger partial charge on any atom is 0.328 e. The highest BCUT2D eigenvalue weighted by Crippen LogP contribution is 2.22. The molecule has 2 amide bonds. The van der Waals surface area contributed by atoms with Crippen LogP contribution < -0.4 is 5.32 Å². The number of nitrogens with zero attached hydrogens (tertiary/aromatic N) is 1. The van der Waals surface area contributed by atoms with E-state index >= 15 is 0 Å². The van der Waals surface area contributed by atoms with Crippen molar-refractivity contribution in [2.45, 2.75) is 30.6 Å². The maximum atomic E-state index is 12.3. The lowest BCUT2D eigenvalue weighted by Crippen LogP contribution is -2.62. The van der Waals surface area contributed by atoms with Crippen LogP contribution in [-0.4, -0.2) is 66.3 Å². The second kappa shape index (κ2) is 5.39. The highest BCUT2D eigenvalue weighted by atomic mass is 32.2. The number of carbonyl (C=O) groups is 3. The fraction of sp³-hybridized carbons (Fsp3) is 0.727. The lowest BCUT2D eigenvalue weighted by atomic mass is 10.1. The van der Waals surface area contributed by atoms with Crippen LogP contribution in [0.15, 0.2) is 0 Å². The zero-order chi connectivity index (χ0) is 14.9. The second-order valence-corrected chi connectivity index (χ2v) is 7.28. The molecule has 0 aliphatic carbocycles. The number of hydrogen-bond acceptors (Lipinski definition) is 5. The Bertz CT molecular complexity index is 543. The van der Waals surface area contributed by atoms with Crippen LogP contribution in [0.3, 0.4) is 0 Å². The summed E-state index contributed by atoms with van der Waals surface area (Å²) in [5.41, 5.74) is 0.